The number of hydrogen-bond acceptors (Lipinski definition) is 4. The van der Waals surface area contributed by atoms with Gasteiger partial charge >= 0.3 is 0 Å². The van der Waals surface area contributed by atoms with Gasteiger partial charge < -0.3 is 4.74 Å². The molecule has 1 aromatic heterocycles. The van der Waals surface area contributed by atoms with E-state index in [0.29, 0.717) is 11.3 Å². The van der Waals surface area contributed by atoms with Crippen LogP contribution in [0.25, 0.3) is 0 Å². The van der Waals surface area contributed by atoms with E-state index in [4.69, 9.17) is 4.74 Å². The Morgan fingerprint density at radius 1 is 1.08 bits per heavy atom. The zero-order valence-electron chi connectivity index (χ0n) is 14.2. The fourth-order valence-electron chi connectivity index (χ4n) is 2.04. The van der Waals surface area contributed by atoms with Gasteiger partial charge in [0.1, 0.15) is 11.4 Å². The van der Waals surface area contributed by atoms with Gasteiger partial charge in [-0.3, -0.25) is 20.0 Å². The summed E-state index contributed by atoms with van der Waals surface area (Å²) >= 11 is 0. The van der Waals surface area contributed by atoms with Gasteiger partial charge in [-0.05, 0) is 57.2 Å². The fourth-order valence-corrected chi connectivity index (χ4v) is 2.04. The first-order chi connectivity index (χ1) is 11.3. The van der Waals surface area contributed by atoms with E-state index in [1.807, 2.05) is 20.8 Å². The van der Waals surface area contributed by atoms with E-state index in [1.54, 1.807) is 49.6 Å². The van der Waals surface area contributed by atoms with Crippen LogP contribution in [0.15, 0.2) is 48.7 Å². The maximum atomic E-state index is 12.8. The molecule has 0 aliphatic carbocycles. The van der Waals surface area contributed by atoms with Crippen LogP contribution >= 0.6 is 0 Å². The Kier molecular flexibility index (Phi) is 5.18. The molecule has 0 saturated heterocycles. The molecular formula is C18H21N3O3. The lowest BCUT2D eigenvalue weighted by molar-refractivity contribution is 0.0357. The first-order valence-electron chi connectivity index (χ1n) is 7.53. The quantitative estimate of drug-likeness (QED) is 0.880. The lowest BCUT2D eigenvalue weighted by Gasteiger charge is -2.35. The van der Waals surface area contributed by atoms with E-state index in [2.05, 4.69) is 10.4 Å². The van der Waals surface area contributed by atoms with Gasteiger partial charge in [-0.25, -0.2) is 5.01 Å². The summed E-state index contributed by atoms with van der Waals surface area (Å²) in [5.74, 6) is -0.0896. The molecular weight excluding hydrogens is 306 g/mol. The number of methoxy groups -OCH3 is 1. The van der Waals surface area contributed by atoms with E-state index >= 15 is 0 Å². The fraction of sp³-hybridized carbons (Fsp3) is 0.278. The van der Waals surface area contributed by atoms with Crippen LogP contribution < -0.4 is 10.2 Å². The summed E-state index contributed by atoms with van der Waals surface area (Å²) in [6.45, 7) is 5.52. The molecule has 2 rings (SSSR count). The van der Waals surface area contributed by atoms with Crippen LogP contribution in [0.4, 0.5) is 0 Å². The first-order valence-corrected chi connectivity index (χ1v) is 7.53. The molecule has 1 N–H and O–H groups in total. The summed E-state index contributed by atoms with van der Waals surface area (Å²) in [6.07, 6.45) is 1.53. The third-order valence-electron chi connectivity index (χ3n) is 3.32. The first kappa shape index (κ1) is 17.5. The van der Waals surface area contributed by atoms with Crippen LogP contribution in [-0.2, 0) is 0 Å². The monoisotopic (exact) mass is 327 g/mol. The van der Waals surface area contributed by atoms with Crippen molar-refractivity contribution in [2.24, 2.45) is 0 Å². The Balaban J connectivity index is 2.24. The Bertz CT molecular complexity index is 707. The molecule has 6 nitrogen and oxygen atoms in total. The van der Waals surface area contributed by atoms with Crippen molar-refractivity contribution >= 4 is 11.8 Å². The third-order valence-corrected chi connectivity index (χ3v) is 3.32. The van der Waals surface area contributed by atoms with Crippen LogP contribution in [0, 0.1) is 0 Å². The summed E-state index contributed by atoms with van der Waals surface area (Å²) in [4.78, 5) is 29.2. The predicted octanol–water partition coefficient (Wildman–Crippen LogP) is 2.68. The molecule has 0 saturated carbocycles. The number of pyridine rings is 1. The van der Waals surface area contributed by atoms with E-state index in [1.165, 1.54) is 11.2 Å². The van der Waals surface area contributed by atoms with Gasteiger partial charge in [-0.15, -0.1) is 0 Å². The van der Waals surface area contributed by atoms with Crippen molar-refractivity contribution < 1.29 is 14.3 Å². The summed E-state index contributed by atoms with van der Waals surface area (Å²) in [6, 6.07) is 11.8. The van der Waals surface area contributed by atoms with E-state index in [-0.39, 0.29) is 11.6 Å². The van der Waals surface area contributed by atoms with E-state index in [9.17, 15) is 9.59 Å². The lowest BCUT2D eigenvalue weighted by Crippen LogP contribution is -2.56. The van der Waals surface area contributed by atoms with Crippen molar-refractivity contribution in [2.75, 3.05) is 7.11 Å². The number of hydrogen-bond donors (Lipinski definition) is 1. The van der Waals surface area contributed by atoms with Crippen molar-refractivity contribution in [1.82, 2.24) is 15.4 Å². The van der Waals surface area contributed by atoms with Crippen LogP contribution in [-0.4, -0.2) is 34.5 Å². The summed E-state index contributed by atoms with van der Waals surface area (Å²) in [5.41, 5.74) is 2.74. The number of benzene rings is 1. The average molecular weight is 327 g/mol. The number of rotatable bonds is 3. The molecule has 0 aliphatic heterocycles. The minimum atomic E-state index is -0.610. The smallest absolute Gasteiger partial charge is 0.288 e. The Labute approximate surface area is 141 Å². The maximum Gasteiger partial charge on any atom is 0.288 e. The summed E-state index contributed by atoms with van der Waals surface area (Å²) in [5, 5.41) is 1.31. The largest absolute Gasteiger partial charge is 0.497 e. The molecule has 1 heterocycles. The number of carbonyl (C=O) groups is 2. The van der Waals surface area contributed by atoms with Gasteiger partial charge in [0.25, 0.3) is 11.8 Å². The second kappa shape index (κ2) is 7.12. The average Bonchev–Trinajstić information content (AvgIpc) is 2.58. The number of hydrazine groups is 1. The molecule has 0 spiro atoms. The highest BCUT2D eigenvalue weighted by atomic mass is 16.5. The van der Waals surface area contributed by atoms with Gasteiger partial charge in [-0.2, -0.15) is 0 Å². The molecule has 0 bridgehead atoms. The highest BCUT2D eigenvalue weighted by Gasteiger charge is 2.29. The number of nitrogens with one attached hydrogen (secondary N) is 1. The topological polar surface area (TPSA) is 71.5 Å². The molecule has 0 aliphatic rings. The molecule has 6 heteroatoms. The number of nitrogens with zero attached hydrogens (tertiary/aromatic N) is 2. The SMILES string of the molecule is COc1ccc(C(=O)N(NC(=O)c2ccccn2)C(C)(C)C)cc1. The minimum absolute atomic E-state index is 0.245. The second-order valence-electron chi connectivity index (χ2n) is 6.20. The number of aromatic nitrogens is 1. The summed E-state index contributed by atoms with van der Waals surface area (Å²) in [7, 11) is 1.56. The van der Waals surface area contributed by atoms with Crippen molar-refractivity contribution in [2.45, 2.75) is 26.3 Å². The second-order valence-corrected chi connectivity index (χ2v) is 6.20. The zero-order chi connectivity index (χ0) is 17.7. The highest BCUT2D eigenvalue weighted by Crippen LogP contribution is 2.18. The summed E-state index contributed by atoms with van der Waals surface area (Å²) < 4.78 is 5.10. The van der Waals surface area contributed by atoms with Crippen LogP contribution in [0.2, 0.25) is 0 Å². The van der Waals surface area contributed by atoms with Crippen LogP contribution in [0.5, 0.6) is 5.75 Å². The van der Waals surface area contributed by atoms with Crippen LogP contribution in [0.1, 0.15) is 41.6 Å². The molecule has 0 fully saturated rings. The molecule has 2 aromatic rings. The standard InChI is InChI=1S/C18H21N3O3/c1-18(2,3)21(20-16(22)15-7-5-6-12-19-15)17(23)13-8-10-14(24-4)11-9-13/h5-12H,1-4H3,(H,20,22). The minimum Gasteiger partial charge on any atom is -0.497 e. The van der Waals surface area contributed by atoms with Gasteiger partial charge in [-0.1, -0.05) is 6.07 Å². The molecule has 0 atom stereocenters. The van der Waals surface area contributed by atoms with Gasteiger partial charge in [0, 0.05) is 11.8 Å². The third kappa shape index (κ3) is 4.10. The highest BCUT2D eigenvalue weighted by molar-refractivity contribution is 5.98. The Morgan fingerprint density at radius 2 is 1.75 bits per heavy atom. The molecule has 126 valence electrons. The Morgan fingerprint density at radius 3 is 2.25 bits per heavy atom. The molecule has 0 unspecified atom stereocenters. The van der Waals surface area contributed by atoms with Crippen molar-refractivity contribution in [3.8, 4) is 5.75 Å². The molecule has 2 amide bonds. The maximum absolute atomic E-state index is 12.8. The molecule has 1 aromatic carbocycles. The van der Waals surface area contributed by atoms with Crippen molar-refractivity contribution in [3.63, 3.8) is 0 Å². The number of amides is 2. The van der Waals surface area contributed by atoms with E-state index in [0.717, 1.165) is 0 Å². The van der Waals surface area contributed by atoms with Crippen molar-refractivity contribution in [1.29, 1.82) is 0 Å². The number of carbonyl (C=O) groups excluding carboxylic acids is 2. The van der Waals surface area contributed by atoms with Crippen molar-refractivity contribution in [3.05, 3.63) is 59.9 Å². The van der Waals surface area contributed by atoms with Gasteiger partial charge in [0.15, 0.2) is 0 Å². The lowest BCUT2D eigenvalue weighted by atomic mass is 10.1. The van der Waals surface area contributed by atoms with Gasteiger partial charge in [0.2, 0.25) is 0 Å². The molecule has 24 heavy (non-hydrogen) atoms. The normalized spacial score (nSPS) is 10.8. The van der Waals surface area contributed by atoms with Crippen LogP contribution in [0.3, 0.4) is 0 Å². The number of ether oxygens (including phenoxy) is 1. The predicted molar refractivity (Wildman–Crippen MR) is 90.6 cm³/mol. The Hall–Kier alpha value is -2.89. The molecule has 0 radical (unpaired) electrons. The zero-order valence-corrected chi connectivity index (χ0v) is 14.2. The van der Waals surface area contributed by atoms with E-state index < -0.39 is 11.4 Å². The van der Waals surface area contributed by atoms with Gasteiger partial charge in [0.05, 0.1) is 12.6 Å².